The zero-order valence-electron chi connectivity index (χ0n) is 11.3. The maximum atomic E-state index is 12.9. The zero-order chi connectivity index (χ0) is 15.4. The smallest absolute Gasteiger partial charge is 0.250 e. The highest BCUT2D eigenvalue weighted by Gasteiger charge is 2.40. The number of benzene rings is 2. The summed E-state index contributed by atoms with van der Waals surface area (Å²) >= 11 is 3.51. The first-order chi connectivity index (χ1) is 10.6. The van der Waals surface area contributed by atoms with Gasteiger partial charge in [-0.15, -0.1) is 0 Å². The fourth-order valence-electron chi connectivity index (χ4n) is 3.03. The Balaban J connectivity index is 1.89. The molecular weight excluding hydrogens is 368 g/mol. The molecule has 22 heavy (non-hydrogen) atoms. The molecule has 2 amide bonds. The van der Waals surface area contributed by atoms with E-state index in [1.807, 2.05) is 30.3 Å². The molecule has 2 atom stereocenters. The molecule has 0 saturated carbocycles. The summed E-state index contributed by atoms with van der Waals surface area (Å²) < 4.78 is 15.4. The van der Waals surface area contributed by atoms with Crippen LogP contribution in [-0.4, -0.2) is 22.1 Å². The zero-order valence-corrected chi connectivity index (χ0v) is 13.7. The first kappa shape index (κ1) is 13.9. The second-order valence-corrected chi connectivity index (χ2v) is 7.47. The van der Waals surface area contributed by atoms with Gasteiger partial charge in [-0.2, -0.15) is 0 Å². The standard InChI is InChI=1S/C15H11BrN2O3S/c16-9-4-6-12-14-8(9)2-1-3-10(14)18(22(12)21)11-5-7-13(19)17-15(11)20/h1-4,6,11H,5,7H2,(H,17,19,20). The van der Waals surface area contributed by atoms with E-state index in [2.05, 4.69) is 21.2 Å². The van der Waals surface area contributed by atoms with E-state index in [-0.39, 0.29) is 18.2 Å². The highest BCUT2D eigenvalue weighted by molar-refractivity contribution is 9.10. The maximum Gasteiger partial charge on any atom is 0.250 e. The van der Waals surface area contributed by atoms with E-state index >= 15 is 0 Å². The van der Waals surface area contributed by atoms with Crippen molar-refractivity contribution in [1.82, 2.24) is 5.32 Å². The summed E-state index contributed by atoms with van der Waals surface area (Å²) in [6.45, 7) is 0. The van der Waals surface area contributed by atoms with Crippen molar-refractivity contribution in [3.05, 3.63) is 34.8 Å². The highest BCUT2D eigenvalue weighted by atomic mass is 79.9. The van der Waals surface area contributed by atoms with Crippen molar-refractivity contribution in [3.63, 3.8) is 0 Å². The average molecular weight is 379 g/mol. The molecule has 112 valence electrons. The number of halogens is 1. The lowest BCUT2D eigenvalue weighted by atomic mass is 10.0. The van der Waals surface area contributed by atoms with Gasteiger partial charge in [-0.3, -0.25) is 19.2 Å². The largest absolute Gasteiger partial charge is 0.295 e. The SMILES string of the molecule is O=C1CCC(N2c3cccc4c(Br)ccc(c34)S2=O)C(=O)N1. The van der Waals surface area contributed by atoms with Crippen LogP contribution in [0.1, 0.15) is 12.8 Å². The third-order valence-corrected chi connectivity index (χ3v) is 6.24. The third kappa shape index (κ3) is 1.85. The second-order valence-electron chi connectivity index (χ2n) is 5.29. The fourth-order valence-corrected chi connectivity index (χ4v) is 5.05. The highest BCUT2D eigenvalue weighted by Crippen LogP contribution is 2.44. The van der Waals surface area contributed by atoms with Crippen LogP contribution in [0.15, 0.2) is 39.7 Å². The number of piperidine rings is 1. The summed E-state index contributed by atoms with van der Waals surface area (Å²) in [6.07, 6.45) is 0.641. The van der Waals surface area contributed by atoms with Crippen LogP contribution in [0.2, 0.25) is 0 Å². The molecule has 0 bridgehead atoms. The lowest BCUT2D eigenvalue weighted by Gasteiger charge is -2.30. The van der Waals surface area contributed by atoms with Crippen molar-refractivity contribution < 1.29 is 13.8 Å². The van der Waals surface area contributed by atoms with Gasteiger partial charge in [0.15, 0.2) is 11.0 Å². The number of nitrogens with zero attached hydrogens (tertiary/aromatic N) is 1. The van der Waals surface area contributed by atoms with Gasteiger partial charge in [0, 0.05) is 16.3 Å². The van der Waals surface area contributed by atoms with Gasteiger partial charge in [0.25, 0.3) is 0 Å². The summed E-state index contributed by atoms with van der Waals surface area (Å²) in [4.78, 5) is 24.2. The molecule has 1 saturated heterocycles. The van der Waals surface area contributed by atoms with Crippen molar-refractivity contribution in [3.8, 4) is 0 Å². The summed E-state index contributed by atoms with van der Waals surface area (Å²) in [7, 11) is -1.44. The van der Waals surface area contributed by atoms with Gasteiger partial charge in [0.2, 0.25) is 11.8 Å². The van der Waals surface area contributed by atoms with E-state index in [1.54, 1.807) is 4.31 Å². The lowest BCUT2D eigenvalue weighted by Crippen LogP contribution is -2.52. The number of carbonyl (C=O) groups is 2. The molecule has 0 radical (unpaired) electrons. The van der Waals surface area contributed by atoms with E-state index in [4.69, 9.17) is 0 Å². The Morgan fingerprint density at radius 2 is 2.05 bits per heavy atom. The van der Waals surface area contributed by atoms with Crippen LogP contribution < -0.4 is 9.62 Å². The molecule has 1 N–H and O–H groups in total. The minimum absolute atomic E-state index is 0.264. The summed E-state index contributed by atoms with van der Waals surface area (Å²) in [5.74, 6) is -0.654. The van der Waals surface area contributed by atoms with Crippen LogP contribution in [-0.2, 0) is 20.6 Å². The van der Waals surface area contributed by atoms with Gasteiger partial charge in [-0.05, 0) is 30.0 Å². The number of amides is 2. The maximum absolute atomic E-state index is 12.9. The van der Waals surface area contributed by atoms with Crippen LogP contribution in [0.25, 0.3) is 10.8 Å². The number of hydrogen-bond acceptors (Lipinski definition) is 3. The van der Waals surface area contributed by atoms with E-state index in [9.17, 15) is 13.8 Å². The Kier molecular flexibility index (Phi) is 3.09. The van der Waals surface area contributed by atoms with Crippen molar-refractivity contribution >= 4 is 55.2 Å². The molecule has 2 aliphatic rings. The molecule has 0 aliphatic carbocycles. The van der Waals surface area contributed by atoms with E-state index in [0.717, 1.165) is 20.9 Å². The molecular formula is C15H11BrN2O3S. The molecule has 2 aromatic carbocycles. The van der Waals surface area contributed by atoms with Crippen LogP contribution in [0.4, 0.5) is 5.69 Å². The summed E-state index contributed by atoms with van der Waals surface area (Å²) in [5, 5.41) is 4.21. The monoisotopic (exact) mass is 378 g/mol. The van der Waals surface area contributed by atoms with Gasteiger partial charge >= 0.3 is 0 Å². The molecule has 7 heteroatoms. The van der Waals surface area contributed by atoms with Crippen LogP contribution in [0, 0.1) is 0 Å². The molecule has 2 aliphatic heterocycles. The van der Waals surface area contributed by atoms with Gasteiger partial charge < -0.3 is 0 Å². The van der Waals surface area contributed by atoms with E-state index < -0.39 is 17.0 Å². The number of nitrogens with one attached hydrogen (secondary N) is 1. The van der Waals surface area contributed by atoms with Gasteiger partial charge in [0.05, 0.1) is 10.6 Å². The van der Waals surface area contributed by atoms with Gasteiger partial charge in [-0.1, -0.05) is 28.1 Å². The minimum atomic E-state index is -1.44. The summed E-state index contributed by atoms with van der Waals surface area (Å²) in [6, 6.07) is 8.80. The molecule has 0 aromatic heterocycles. The predicted molar refractivity (Wildman–Crippen MR) is 86.7 cm³/mol. The van der Waals surface area contributed by atoms with E-state index in [1.165, 1.54) is 0 Å². The Morgan fingerprint density at radius 3 is 2.82 bits per heavy atom. The molecule has 5 nitrogen and oxygen atoms in total. The third-order valence-electron chi connectivity index (χ3n) is 4.02. The number of anilines is 1. The van der Waals surface area contributed by atoms with Crippen molar-refractivity contribution in [2.24, 2.45) is 0 Å². The topological polar surface area (TPSA) is 66.5 Å². The first-order valence-electron chi connectivity index (χ1n) is 6.84. The van der Waals surface area contributed by atoms with Gasteiger partial charge in [0.1, 0.15) is 6.04 Å². The minimum Gasteiger partial charge on any atom is -0.295 e. The second kappa shape index (κ2) is 4.89. The molecule has 2 unspecified atom stereocenters. The molecule has 2 heterocycles. The molecule has 2 aromatic rings. The van der Waals surface area contributed by atoms with E-state index in [0.29, 0.717) is 11.3 Å². The molecule has 0 spiro atoms. The normalized spacial score (nSPS) is 24.0. The number of carbonyl (C=O) groups excluding carboxylic acids is 2. The van der Waals surface area contributed by atoms with Gasteiger partial charge in [-0.25, -0.2) is 4.21 Å². The Hall–Kier alpha value is -1.73. The predicted octanol–water partition coefficient (Wildman–Crippen LogP) is 2.25. The lowest BCUT2D eigenvalue weighted by molar-refractivity contribution is -0.133. The molecule has 4 rings (SSSR count). The summed E-state index contributed by atoms with van der Waals surface area (Å²) in [5.41, 5.74) is 0.779. The first-order valence-corrected chi connectivity index (χ1v) is 8.74. The Bertz CT molecular complexity index is 867. The average Bonchev–Trinajstić information content (AvgIpc) is 2.77. The van der Waals surface area contributed by atoms with Crippen LogP contribution >= 0.6 is 15.9 Å². The fraction of sp³-hybridized carbons (Fsp3) is 0.200. The van der Waals surface area contributed by atoms with Crippen molar-refractivity contribution in [2.45, 2.75) is 23.8 Å². The van der Waals surface area contributed by atoms with Crippen molar-refractivity contribution in [1.29, 1.82) is 0 Å². The quantitative estimate of drug-likeness (QED) is 0.773. The Labute approximate surface area is 137 Å². The van der Waals surface area contributed by atoms with Crippen LogP contribution in [0.5, 0.6) is 0 Å². The number of rotatable bonds is 1. The Morgan fingerprint density at radius 1 is 1.23 bits per heavy atom. The number of imide groups is 1. The molecule has 1 fully saturated rings. The number of hydrogen-bond donors (Lipinski definition) is 1. The van der Waals surface area contributed by atoms with Crippen LogP contribution in [0.3, 0.4) is 0 Å². The van der Waals surface area contributed by atoms with Crippen molar-refractivity contribution in [2.75, 3.05) is 4.31 Å².